The van der Waals surface area contributed by atoms with E-state index in [9.17, 15) is 4.79 Å². The highest BCUT2D eigenvalue weighted by molar-refractivity contribution is 6.03. The summed E-state index contributed by atoms with van der Waals surface area (Å²) in [5.74, 6) is 0.513. The monoisotopic (exact) mass is 347 g/mol. The first kappa shape index (κ1) is 17.5. The van der Waals surface area contributed by atoms with Crippen molar-refractivity contribution in [2.24, 2.45) is 0 Å². The summed E-state index contributed by atoms with van der Waals surface area (Å²) in [6.07, 6.45) is 1.61. The largest absolute Gasteiger partial charge is 0.492 e. The van der Waals surface area contributed by atoms with Gasteiger partial charge in [0.05, 0.1) is 12.3 Å². The van der Waals surface area contributed by atoms with E-state index in [0.29, 0.717) is 12.3 Å². The first-order chi connectivity index (χ1) is 12.7. The fourth-order valence-electron chi connectivity index (χ4n) is 2.54. The molecule has 2 aromatic carbocycles. The number of nitrogens with zero attached hydrogens (tertiary/aromatic N) is 1. The fraction of sp³-hybridized carbons (Fsp3) is 0.143. The van der Waals surface area contributed by atoms with E-state index in [2.05, 4.69) is 15.6 Å². The Morgan fingerprint density at radius 2 is 1.77 bits per heavy atom. The topological polar surface area (TPSA) is 63.2 Å². The van der Waals surface area contributed by atoms with Crippen LogP contribution in [0.25, 0.3) is 0 Å². The van der Waals surface area contributed by atoms with Crippen molar-refractivity contribution in [3.63, 3.8) is 0 Å². The van der Waals surface area contributed by atoms with Crippen molar-refractivity contribution in [2.45, 2.75) is 13.8 Å². The predicted octanol–water partition coefficient (Wildman–Crippen LogP) is 4.78. The minimum absolute atomic E-state index is 0.249. The van der Waals surface area contributed by atoms with Crippen LogP contribution in [-0.2, 0) is 0 Å². The summed E-state index contributed by atoms with van der Waals surface area (Å²) < 4.78 is 5.62. The molecular weight excluding hydrogens is 326 g/mol. The molecular formula is C21H21N3O2. The molecule has 2 N–H and O–H groups in total. The second-order valence-electron chi connectivity index (χ2n) is 5.75. The number of benzene rings is 2. The second-order valence-corrected chi connectivity index (χ2v) is 5.75. The summed E-state index contributed by atoms with van der Waals surface area (Å²) in [7, 11) is 0. The van der Waals surface area contributed by atoms with Gasteiger partial charge in [-0.15, -0.1) is 0 Å². The molecule has 0 saturated heterocycles. The molecule has 0 saturated carbocycles. The maximum absolute atomic E-state index is 12.5. The fourth-order valence-corrected chi connectivity index (χ4v) is 2.54. The molecule has 3 aromatic rings. The average molecular weight is 347 g/mol. The maximum Gasteiger partial charge on any atom is 0.274 e. The Kier molecular flexibility index (Phi) is 5.49. The first-order valence-corrected chi connectivity index (χ1v) is 8.49. The number of carbonyl (C=O) groups excluding carboxylic acids is 1. The normalized spacial score (nSPS) is 10.2. The molecule has 0 spiro atoms. The van der Waals surface area contributed by atoms with Crippen molar-refractivity contribution in [1.82, 2.24) is 4.98 Å². The number of para-hydroxylation sites is 3. The van der Waals surface area contributed by atoms with Gasteiger partial charge in [-0.3, -0.25) is 9.78 Å². The number of carbonyl (C=O) groups is 1. The highest BCUT2D eigenvalue weighted by atomic mass is 16.5. The number of pyridine rings is 1. The second kappa shape index (κ2) is 8.16. The third-order valence-corrected chi connectivity index (χ3v) is 3.85. The zero-order valence-corrected chi connectivity index (χ0v) is 14.8. The third kappa shape index (κ3) is 4.19. The lowest BCUT2D eigenvalue weighted by Gasteiger charge is -2.13. The number of aromatic nitrogens is 1. The van der Waals surface area contributed by atoms with Crippen LogP contribution >= 0.6 is 0 Å². The molecule has 1 aromatic heterocycles. The van der Waals surface area contributed by atoms with Gasteiger partial charge in [0.25, 0.3) is 5.91 Å². The summed E-state index contributed by atoms with van der Waals surface area (Å²) in [6, 6.07) is 18.9. The Labute approximate surface area is 153 Å². The van der Waals surface area contributed by atoms with Crippen molar-refractivity contribution < 1.29 is 9.53 Å². The van der Waals surface area contributed by atoms with Gasteiger partial charge in [0, 0.05) is 17.6 Å². The Morgan fingerprint density at radius 3 is 2.54 bits per heavy atom. The van der Waals surface area contributed by atoms with E-state index in [1.807, 2.05) is 68.4 Å². The van der Waals surface area contributed by atoms with Gasteiger partial charge >= 0.3 is 0 Å². The van der Waals surface area contributed by atoms with Crippen LogP contribution in [0.5, 0.6) is 5.75 Å². The van der Waals surface area contributed by atoms with Crippen LogP contribution in [0.15, 0.2) is 66.9 Å². The molecule has 0 aliphatic heterocycles. The molecule has 26 heavy (non-hydrogen) atoms. The maximum atomic E-state index is 12.5. The highest BCUT2D eigenvalue weighted by Gasteiger charge is 2.10. The smallest absolute Gasteiger partial charge is 0.274 e. The van der Waals surface area contributed by atoms with Gasteiger partial charge in [0.1, 0.15) is 11.4 Å². The van der Waals surface area contributed by atoms with Gasteiger partial charge in [-0.05, 0) is 49.7 Å². The van der Waals surface area contributed by atoms with Gasteiger partial charge in [-0.1, -0.05) is 30.3 Å². The van der Waals surface area contributed by atoms with Crippen molar-refractivity contribution >= 4 is 23.0 Å². The van der Waals surface area contributed by atoms with Crippen LogP contribution in [-0.4, -0.2) is 17.5 Å². The lowest BCUT2D eigenvalue weighted by Crippen LogP contribution is -2.14. The summed E-state index contributed by atoms with van der Waals surface area (Å²) >= 11 is 0. The number of nitrogens with one attached hydrogen (secondary N) is 2. The van der Waals surface area contributed by atoms with Gasteiger partial charge in [0.15, 0.2) is 0 Å². The molecule has 0 unspecified atom stereocenters. The zero-order chi connectivity index (χ0) is 18.4. The number of ether oxygens (including phenoxy) is 1. The van der Waals surface area contributed by atoms with E-state index in [1.165, 1.54) is 0 Å². The molecule has 0 bridgehead atoms. The van der Waals surface area contributed by atoms with E-state index in [4.69, 9.17) is 4.74 Å². The molecule has 0 fully saturated rings. The Hall–Kier alpha value is -3.34. The molecule has 0 aliphatic rings. The zero-order valence-electron chi connectivity index (χ0n) is 14.8. The number of rotatable bonds is 6. The molecule has 3 rings (SSSR count). The Bertz CT molecular complexity index is 909. The van der Waals surface area contributed by atoms with Crippen LogP contribution in [0.1, 0.15) is 23.0 Å². The van der Waals surface area contributed by atoms with Gasteiger partial charge < -0.3 is 15.4 Å². The Balaban J connectivity index is 1.78. The molecule has 132 valence electrons. The van der Waals surface area contributed by atoms with Crippen LogP contribution in [0.2, 0.25) is 0 Å². The van der Waals surface area contributed by atoms with Crippen LogP contribution in [0, 0.1) is 6.92 Å². The van der Waals surface area contributed by atoms with E-state index >= 15 is 0 Å². The molecule has 1 amide bonds. The summed E-state index contributed by atoms with van der Waals surface area (Å²) in [6.45, 7) is 4.47. The van der Waals surface area contributed by atoms with Crippen LogP contribution < -0.4 is 15.4 Å². The predicted molar refractivity (Wildman–Crippen MR) is 104 cm³/mol. The number of hydrogen-bond donors (Lipinski definition) is 2. The number of hydrogen-bond acceptors (Lipinski definition) is 4. The molecule has 1 heterocycles. The molecule has 0 aliphatic carbocycles. The van der Waals surface area contributed by atoms with Crippen molar-refractivity contribution in [3.8, 4) is 5.75 Å². The van der Waals surface area contributed by atoms with Gasteiger partial charge in [0.2, 0.25) is 0 Å². The third-order valence-electron chi connectivity index (χ3n) is 3.85. The number of aryl methyl sites for hydroxylation is 1. The molecule has 0 radical (unpaired) electrons. The highest BCUT2D eigenvalue weighted by Crippen LogP contribution is 2.27. The van der Waals surface area contributed by atoms with E-state index in [-0.39, 0.29) is 5.91 Å². The quantitative estimate of drug-likeness (QED) is 0.673. The summed E-state index contributed by atoms with van der Waals surface area (Å²) in [5, 5.41) is 6.18. The SMILES string of the molecule is CCOc1ccccc1Nc1ccnc(C(=O)Nc2ccccc2C)c1. The van der Waals surface area contributed by atoms with E-state index < -0.39 is 0 Å². The average Bonchev–Trinajstić information content (AvgIpc) is 2.66. The van der Waals surface area contributed by atoms with Crippen LogP contribution in [0.3, 0.4) is 0 Å². The standard InChI is InChI=1S/C21H21N3O2/c1-3-26-20-11-7-6-10-18(20)23-16-12-13-22-19(14-16)21(25)24-17-9-5-4-8-15(17)2/h4-14H,3H2,1-2H3,(H,22,23)(H,24,25). The summed E-state index contributed by atoms with van der Waals surface area (Å²) in [5.41, 5.74) is 3.72. The lowest BCUT2D eigenvalue weighted by molar-refractivity contribution is 0.102. The van der Waals surface area contributed by atoms with Crippen molar-refractivity contribution in [2.75, 3.05) is 17.2 Å². The molecule has 5 nitrogen and oxygen atoms in total. The number of anilines is 3. The number of amides is 1. The van der Waals surface area contributed by atoms with Crippen molar-refractivity contribution in [3.05, 3.63) is 78.1 Å². The van der Waals surface area contributed by atoms with E-state index in [0.717, 1.165) is 28.4 Å². The molecule has 5 heteroatoms. The van der Waals surface area contributed by atoms with Crippen molar-refractivity contribution in [1.29, 1.82) is 0 Å². The summed E-state index contributed by atoms with van der Waals surface area (Å²) in [4.78, 5) is 16.7. The first-order valence-electron chi connectivity index (χ1n) is 8.49. The minimum atomic E-state index is -0.249. The van der Waals surface area contributed by atoms with E-state index in [1.54, 1.807) is 12.3 Å². The Morgan fingerprint density at radius 1 is 1.04 bits per heavy atom. The lowest BCUT2D eigenvalue weighted by atomic mass is 10.2. The molecule has 0 atom stereocenters. The minimum Gasteiger partial charge on any atom is -0.492 e. The van der Waals surface area contributed by atoms with Gasteiger partial charge in [-0.2, -0.15) is 0 Å². The van der Waals surface area contributed by atoms with Gasteiger partial charge in [-0.25, -0.2) is 0 Å². The van der Waals surface area contributed by atoms with Crippen LogP contribution in [0.4, 0.5) is 17.1 Å².